The molecule has 0 atom stereocenters. The molecule has 5 heteroatoms. The van der Waals surface area contributed by atoms with Crippen LogP contribution in [0.3, 0.4) is 0 Å². The van der Waals surface area contributed by atoms with Crippen LogP contribution in [-0.2, 0) is 6.54 Å². The molecule has 2 aromatic carbocycles. The Balaban J connectivity index is 1.81. The third-order valence-electron chi connectivity index (χ3n) is 3.11. The summed E-state index contributed by atoms with van der Waals surface area (Å²) in [7, 11) is 0. The highest BCUT2D eigenvalue weighted by molar-refractivity contribution is 6.42. The first kappa shape index (κ1) is 13.3. The van der Waals surface area contributed by atoms with Crippen molar-refractivity contribution in [2.24, 2.45) is 0 Å². The highest BCUT2D eigenvalue weighted by Crippen LogP contribution is 2.26. The maximum Gasteiger partial charge on any atom is 0.104 e. The predicted molar refractivity (Wildman–Crippen MR) is 84.6 cm³/mol. The van der Waals surface area contributed by atoms with E-state index in [1.807, 2.05) is 37.3 Å². The SMILES string of the molecule is Cc1nc2ccc(NCc3cccc(Cl)c3Cl)cc2[nH]1. The van der Waals surface area contributed by atoms with Gasteiger partial charge in [-0.2, -0.15) is 0 Å². The number of benzene rings is 2. The van der Waals surface area contributed by atoms with Crippen molar-refractivity contribution >= 4 is 39.9 Å². The van der Waals surface area contributed by atoms with E-state index in [1.165, 1.54) is 0 Å². The lowest BCUT2D eigenvalue weighted by Gasteiger charge is -2.09. The minimum Gasteiger partial charge on any atom is -0.381 e. The summed E-state index contributed by atoms with van der Waals surface area (Å²) in [5.41, 5.74) is 3.97. The van der Waals surface area contributed by atoms with Crippen molar-refractivity contribution < 1.29 is 0 Å². The Morgan fingerprint density at radius 2 is 2.05 bits per heavy atom. The van der Waals surface area contributed by atoms with Gasteiger partial charge in [-0.3, -0.25) is 0 Å². The van der Waals surface area contributed by atoms with Crippen LogP contribution >= 0.6 is 23.2 Å². The second-order valence-electron chi connectivity index (χ2n) is 4.62. The number of halogens is 2. The number of imidazole rings is 1. The molecule has 3 rings (SSSR count). The van der Waals surface area contributed by atoms with E-state index in [0.29, 0.717) is 16.6 Å². The molecule has 0 amide bonds. The van der Waals surface area contributed by atoms with Gasteiger partial charge in [-0.05, 0) is 36.8 Å². The molecule has 0 saturated heterocycles. The molecular formula is C15H13Cl2N3. The van der Waals surface area contributed by atoms with Crippen molar-refractivity contribution in [3.8, 4) is 0 Å². The van der Waals surface area contributed by atoms with Crippen molar-refractivity contribution in [3.05, 3.63) is 57.8 Å². The molecule has 0 aliphatic heterocycles. The van der Waals surface area contributed by atoms with Crippen molar-refractivity contribution in [2.75, 3.05) is 5.32 Å². The van der Waals surface area contributed by atoms with Crippen LogP contribution in [0.1, 0.15) is 11.4 Å². The zero-order valence-corrected chi connectivity index (χ0v) is 12.4. The molecule has 1 heterocycles. The van der Waals surface area contributed by atoms with Crippen LogP contribution < -0.4 is 5.32 Å². The van der Waals surface area contributed by atoms with E-state index < -0.39 is 0 Å². The fourth-order valence-electron chi connectivity index (χ4n) is 2.13. The topological polar surface area (TPSA) is 40.7 Å². The average Bonchev–Trinajstić information content (AvgIpc) is 2.79. The molecular weight excluding hydrogens is 293 g/mol. The second-order valence-corrected chi connectivity index (χ2v) is 5.41. The van der Waals surface area contributed by atoms with Crippen LogP contribution in [0.5, 0.6) is 0 Å². The summed E-state index contributed by atoms with van der Waals surface area (Å²) in [4.78, 5) is 7.60. The van der Waals surface area contributed by atoms with E-state index in [-0.39, 0.29) is 0 Å². The molecule has 1 aromatic heterocycles. The number of nitrogens with one attached hydrogen (secondary N) is 2. The Bertz CT molecular complexity index is 765. The number of hydrogen-bond acceptors (Lipinski definition) is 2. The van der Waals surface area contributed by atoms with E-state index in [0.717, 1.165) is 28.1 Å². The van der Waals surface area contributed by atoms with Crippen molar-refractivity contribution in [1.29, 1.82) is 0 Å². The minimum absolute atomic E-state index is 0.575. The summed E-state index contributed by atoms with van der Waals surface area (Å²) in [6.07, 6.45) is 0. The quantitative estimate of drug-likeness (QED) is 0.730. The van der Waals surface area contributed by atoms with Crippen LogP contribution in [0.15, 0.2) is 36.4 Å². The standard InChI is InChI=1S/C15H13Cl2N3/c1-9-19-13-6-5-11(7-14(13)20-9)18-8-10-3-2-4-12(16)15(10)17/h2-7,18H,8H2,1H3,(H,19,20). The van der Waals surface area contributed by atoms with Crippen molar-refractivity contribution in [3.63, 3.8) is 0 Å². The number of anilines is 1. The molecule has 0 fully saturated rings. The highest BCUT2D eigenvalue weighted by atomic mass is 35.5. The Labute approximate surface area is 126 Å². The number of nitrogens with zero attached hydrogens (tertiary/aromatic N) is 1. The van der Waals surface area contributed by atoms with E-state index in [9.17, 15) is 0 Å². The van der Waals surface area contributed by atoms with Crippen LogP contribution in [0.2, 0.25) is 10.0 Å². The van der Waals surface area contributed by atoms with E-state index in [1.54, 1.807) is 6.07 Å². The smallest absolute Gasteiger partial charge is 0.104 e. The number of fused-ring (bicyclic) bond motifs is 1. The third-order valence-corrected chi connectivity index (χ3v) is 3.97. The molecule has 0 bridgehead atoms. The van der Waals surface area contributed by atoms with Gasteiger partial charge in [0.05, 0.1) is 21.1 Å². The number of aromatic amines is 1. The third kappa shape index (κ3) is 2.60. The van der Waals surface area contributed by atoms with Gasteiger partial charge >= 0.3 is 0 Å². The van der Waals surface area contributed by atoms with Gasteiger partial charge in [-0.15, -0.1) is 0 Å². The zero-order valence-electron chi connectivity index (χ0n) is 10.9. The fourth-order valence-corrected chi connectivity index (χ4v) is 2.52. The van der Waals surface area contributed by atoms with E-state index >= 15 is 0 Å². The second kappa shape index (κ2) is 5.35. The number of aryl methyl sites for hydroxylation is 1. The average molecular weight is 306 g/mol. The molecule has 0 unspecified atom stereocenters. The Kier molecular flexibility index (Phi) is 3.55. The molecule has 0 aliphatic rings. The van der Waals surface area contributed by atoms with Gasteiger partial charge in [0, 0.05) is 12.2 Å². The van der Waals surface area contributed by atoms with Gasteiger partial charge in [0.2, 0.25) is 0 Å². The Morgan fingerprint density at radius 1 is 1.20 bits per heavy atom. The largest absolute Gasteiger partial charge is 0.381 e. The maximum atomic E-state index is 6.17. The first-order valence-corrected chi connectivity index (χ1v) is 7.02. The van der Waals surface area contributed by atoms with Crippen molar-refractivity contribution in [2.45, 2.75) is 13.5 Å². The van der Waals surface area contributed by atoms with Gasteiger partial charge in [0.25, 0.3) is 0 Å². The van der Waals surface area contributed by atoms with Crippen LogP contribution in [-0.4, -0.2) is 9.97 Å². The molecule has 0 aliphatic carbocycles. The maximum absolute atomic E-state index is 6.17. The molecule has 0 radical (unpaired) electrons. The highest BCUT2D eigenvalue weighted by Gasteiger charge is 2.05. The van der Waals surface area contributed by atoms with Crippen LogP contribution in [0, 0.1) is 6.92 Å². The van der Waals surface area contributed by atoms with Crippen molar-refractivity contribution in [1.82, 2.24) is 9.97 Å². The molecule has 0 spiro atoms. The summed E-state index contributed by atoms with van der Waals surface area (Å²) in [6, 6.07) is 11.7. The lowest BCUT2D eigenvalue weighted by Crippen LogP contribution is -2.00. The van der Waals surface area contributed by atoms with Crippen LogP contribution in [0.4, 0.5) is 5.69 Å². The summed E-state index contributed by atoms with van der Waals surface area (Å²) >= 11 is 12.2. The summed E-state index contributed by atoms with van der Waals surface area (Å²) in [5, 5.41) is 4.51. The van der Waals surface area contributed by atoms with Gasteiger partial charge < -0.3 is 10.3 Å². The Hall–Kier alpha value is -1.71. The van der Waals surface area contributed by atoms with E-state index in [4.69, 9.17) is 23.2 Å². The van der Waals surface area contributed by atoms with E-state index in [2.05, 4.69) is 15.3 Å². The molecule has 2 N–H and O–H groups in total. The van der Waals surface area contributed by atoms with Gasteiger partial charge in [0.1, 0.15) is 5.82 Å². The van der Waals surface area contributed by atoms with Gasteiger partial charge in [0.15, 0.2) is 0 Å². The normalized spacial score (nSPS) is 10.9. The summed E-state index contributed by atoms with van der Waals surface area (Å²) < 4.78 is 0. The fraction of sp³-hybridized carbons (Fsp3) is 0.133. The monoisotopic (exact) mass is 305 g/mol. The number of rotatable bonds is 3. The lowest BCUT2D eigenvalue weighted by molar-refractivity contribution is 1.15. The molecule has 102 valence electrons. The molecule has 20 heavy (non-hydrogen) atoms. The van der Waals surface area contributed by atoms with Crippen LogP contribution in [0.25, 0.3) is 11.0 Å². The number of H-pyrrole nitrogens is 1. The Morgan fingerprint density at radius 3 is 2.90 bits per heavy atom. The lowest BCUT2D eigenvalue weighted by atomic mass is 10.2. The minimum atomic E-state index is 0.575. The molecule has 3 aromatic rings. The first-order valence-electron chi connectivity index (χ1n) is 6.26. The zero-order chi connectivity index (χ0) is 14.1. The molecule has 0 saturated carbocycles. The van der Waals surface area contributed by atoms with Gasteiger partial charge in [-0.25, -0.2) is 4.98 Å². The number of hydrogen-bond donors (Lipinski definition) is 2. The first-order chi connectivity index (χ1) is 9.63. The number of aromatic nitrogens is 2. The predicted octanol–water partition coefficient (Wildman–Crippen LogP) is 4.79. The molecule has 3 nitrogen and oxygen atoms in total. The summed E-state index contributed by atoms with van der Waals surface area (Å²) in [5.74, 6) is 0.912. The van der Waals surface area contributed by atoms with Gasteiger partial charge in [-0.1, -0.05) is 35.3 Å². The summed E-state index contributed by atoms with van der Waals surface area (Å²) in [6.45, 7) is 2.57.